The fourth-order valence-corrected chi connectivity index (χ4v) is 3.15. The van der Waals surface area contributed by atoms with Gasteiger partial charge in [-0.1, -0.05) is 29.8 Å². The first-order valence-electron chi connectivity index (χ1n) is 7.84. The van der Waals surface area contributed by atoms with Crippen molar-refractivity contribution in [1.82, 2.24) is 15.1 Å². The molecule has 21 heavy (non-hydrogen) atoms. The van der Waals surface area contributed by atoms with Crippen molar-refractivity contribution in [2.45, 2.75) is 58.7 Å². The molecule has 3 rings (SSSR count). The van der Waals surface area contributed by atoms with E-state index in [1.807, 2.05) is 0 Å². The second-order valence-corrected chi connectivity index (χ2v) is 6.60. The van der Waals surface area contributed by atoms with Gasteiger partial charge in [-0.25, -0.2) is 0 Å². The van der Waals surface area contributed by atoms with Crippen LogP contribution in [0.25, 0.3) is 0 Å². The van der Waals surface area contributed by atoms with Gasteiger partial charge in [-0.2, -0.15) is 5.10 Å². The summed E-state index contributed by atoms with van der Waals surface area (Å²) in [6, 6.07) is 11.5. The maximum Gasteiger partial charge on any atom is 0.0596 e. The third-order valence-electron chi connectivity index (χ3n) is 4.43. The highest BCUT2D eigenvalue weighted by Crippen LogP contribution is 2.45. The number of rotatable bonds is 5. The Morgan fingerprint density at radius 2 is 1.86 bits per heavy atom. The van der Waals surface area contributed by atoms with Gasteiger partial charge in [0.05, 0.1) is 12.2 Å². The van der Waals surface area contributed by atoms with Gasteiger partial charge in [0.25, 0.3) is 0 Å². The first-order valence-corrected chi connectivity index (χ1v) is 7.84. The summed E-state index contributed by atoms with van der Waals surface area (Å²) in [6.45, 7) is 9.50. The normalized spacial score (nSPS) is 17.7. The number of nitrogens with zero attached hydrogens (tertiary/aromatic N) is 2. The highest BCUT2D eigenvalue weighted by molar-refractivity contribution is 5.32. The van der Waals surface area contributed by atoms with Crippen molar-refractivity contribution < 1.29 is 0 Å². The van der Waals surface area contributed by atoms with Crippen molar-refractivity contribution in [2.24, 2.45) is 0 Å². The smallest absolute Gasteiger partial charge is 0.0596 e. The summed E-state index contributed by atoms with van der Waals surface area (Å²) < 4.78 is 2.11. The van der Waals surface area contributed by atoms with Gasteiger partial charge in [0.15, 0.2) is 0 Å². The summed E-state index contributed by atoms with van der Waals surface area (Å²) in [4.78, 5) is 0. The zero-order chi connectivity index (χ0) is 15.0. The van der Waals surface area contributed by atoms with Gasteiger partial charge in [-0.15, -0.1) is 0 Å². The topological polar surface area (TPSA) is 29.9 Å². The number of hydrogen-bond donors (Lipinski definition) is 1. The summed E-state index contributed by atoms with van der Waals surface area (Å²) in [7, 11) is 0. The molecular weight excluding hydrogens is 258 g/mol. The van der Waals surface area contributed by atoms with Crippen LogP contribution in [0.1, 0.15) is 42.3 Å². The Morgan fingerprint density at radius 3 is 2.38 bits per heavy atom. The van der Waals surface area contributed by atoms with Crippen molar-refractivity contribution >= 4 is 0 Å². The average molecular weight is 283 g/mol. The Kier molecular flexibility index (Phi) is 3.62. The van der Waals surface area contributed by atoms with E-state index in [-0.39, 0.29) is 5.54 Å². The molecule has 1 aliphatic rings. The van der Waals surface area contributed by atoms with Crippen LogP contribution in [0.5, 0.6) is 0 Å². The minimum absolute atomic E-state index is 0.198. The molecule has 1 saturated carbocycles. The van der Waals surface area contributed by atoms with Crippen LogP contribution in [0, 0.1) is 20.8 Å². The molecule has 0 saturated heterocycles. The molecule has 112 valence electrons. The molecule has 3 heteroatoms. The van der Waals surface area contributed by atoms with Crippen LogP contribution in [0.15, 0.2) is 30.3 Å². The van der Waals surface area contributed by atoms with Crippen molar-refractivity contribution in [3.8, 4) is 0 Å². The predicted octanol–water partition coefficient (Wildman–Crippen LogP) is 3.48. The minimum Gasteiger partial charge on any atom is -0.303 e. The molecule has 1 aromatic carbocycles. The maximum atomic E-state index is 4.56. The summed E-state index contributed by atoms with van der Waals surface area (Å²) in [5.74, 6) is 0. The predicted molar refractivity (Wildman–Crippen MR) is 86.4 cm³/mol. The van der Waals surface area contributed by atoms with Gasteiger partial charge < -0.3 is 5.32 Å². The molecule has 0 amide bonds. The van der Waals surface area contributed by atoms with E-state index < -0.39 is 0 Å². The van der Waals surface area contributed by atoms with Crippen LogP contribution in [-0.2, 0) is 12.1 Å². The van der Waals surface area contributed by atoms with E-state index in [2.05, 4.69) is 73.1 Å². The largest absolute Gasteiger partial charge is 0.303 e. The van der Waals surface area contributed by atoms with Gasteiger partial charge in [-0.3, -0.25) is 4.68 Å². The highest BCUT2D eigenvalue weighted by Gasteiger charge is 2.44. The van der Waals surface area contributed by atoms with Crippen LogP contribution < -0.4 is 5.32 Å². The van der Waals surface area contributed by atoms with Gasteiger partial charge in [0, 0.05) is 17.3 Å². The molecule has 0 aliphatic heterocycles. The molecule has 3 nitrogen and oxygen atoms in total. The Hall–Kier alpha value is -1.61. The monoisotopic (exact) mass is 283 g/mol. The van der Waals surface area contributed by atoms with Gasteiger partial charge in [0.1, 0.15) is 0 Å². The maximum absolute atomic E-state index is 4.56. The molecule has 2 aromatic rings. The SMILES string of the molecule is Cc1ccc(C2(NC(C)Cn3nc(C)cc3C)CC2)cc1. The lowest BCUT2D eigenvalue weighted by Gasteiger charge is -2.24. The second-order valence-electron chi connectivity index (χ2n) is 6.60. The number of benzene rings is 1. The zero-order valence-electron chi connectivity index (χ0n) is 13.5. The van der Waals surface area contributed by atoms with Crippen LogP contribution in [-0.4, -0.2) is 15.8 Å². The fraction of sp³-hybridized carbons (Fsp3) is 0.500. The molecule has 1 heterocycles. The van der Waals surface area contributed by atoms with E-state index >= 15 is 0 Å². The standard InChI is InChI=1S/C18H25N3/c1-13-5-7-17(8-6-13)18(9-10-18)19-15(3)12-21-16(4)11-14(2)20-21/h5-8,11,15,19H,9-10,12H2,1-4H3. The molecule has 1 unspecified atom stereocenters. The van der Waals surface area contributed by atoms with Crippen molar-refractivity contribution in [2.75, 3.05) is 0 Å². The number of aryl methyl sites for hydroxylation is 3. The fourth-order valence-electron chi connectivity index (χ4n) is 3.15. The molecular formula is C18H25N3. The molecule has 1 aromatic heterocycles. The quantitative estimate of drug-likeness (QED) is 0.910. The summed E-state index contributed by atoms with van der Waals surface area (Å²) >= 11 is 0. The van der Waals surface area contributed by atoms with Crippen LogP contribution in [0.3, 0.4) is 0 Å². The van der Waals surface area contributed by atoms with Gasteiger partial charge in [-0.05, 0) is 52.2 Å². The number of aromatic nitrogens is 2. The Morgan fingerprint density at radius 1 is 1.19 bits per heavy atom. The van der Waals surface area contributed by atoms with Gasteiger partial charge in [0.2, 0.25) is 0 Å². The van der Waals surface area contributed by atoms with Crippen LogP contribution in [0.4, 0.5) is 0 Å². The van der Waals surface area contributed by atoms with E-state index in [1.165, 1.54) is 29.7 Å². The first-order chi connectivity index (χ1) is 9.98. The lowest BCUT2D eigenvalue weighted by molar-refractivity contribution is 0.383. The molecule has 1 fully saturated rings. The average Bonchev–Trinajstić information content (AvgIpc) is 3.12. The van der Waals surface area contributed by atoms with Crippen LogP contribution in [0.2, 0.25) is 0 Å². The van der Waals surface area contributed by atoms with E-state index in [0.29, 0.717) is 6.04 Å². The van der Waals surface area contributed by atoms with Crippen molar-refractivity contribution in [3.05, 3.63) is 52.8 Å². The minimum atomic E-state index is 0.198. The summed E-state index contributed by atoms with van der Waals surface area (Å²) in [5, 5.41) is 8.39. The van der Waals surface area contributed by atoms with E-state index in [0.717, 1.165) is 12.2 Å². The Labute approximate surface area is 127 Å². The Bertz CT molecular complexity index is 620. The molecule has 0 spiro atoms. The molecule has 0 bridgehead atoms. The third kappa shape index (κ3) is 3.03. The first kappa shape index (κ1) is 14.3. The van der Waals surface area contributed by atoms with Crippen LogP contribution >= 0.6 is 0 Å². The number of nitrogens with one attached hydrogen (secondary N) is 1. The molecule has 1 N–H and O–H groups in total. The Balaban J connectivity index is 1.68. The summed E-state index contributed by atoms with van der Waals surface area (Å²) in [6.07, 6.45) is 2.47. The van der Waals surface area contributed by atoms with Gasteiger partial charge >= 0.3 is 0 Å². The van der Waals surface area contributed by atoms with Crippen molar-refractivity contribution in [1.29, 1.82) is 0 Å². The molecule has 1 atom stereocenters. The van der Waals surface area contributed by atoms with E-state index in [1.54, 1.807) is 0 Å². The zero-order valence-corrected chi connectivity index (χ0v) is 13.5. The lowest BCUT2D eigenvalue weighted by Crippen LogP contribution is -2.39. The molecule has 1 aliphatic carbocycles. The summed E-state index contributed by atoms with van der Waals surface area (Å²) in [5.41, 5.74) is 5.28. The third-order valence-corrected chi connectivity index (χ3v) is 4.43. The van der Waals surface area contributed by atoms with E-state index in [9.17, 15) is 0 Å². The van der Waals surface area contributed by atoms with Crippen molar-refractivity contribution in [3.63, 3.8) is 0 Å². The second kappa shape index (κ2) is 5.30. The highest BCUT2D eigenvalue weighted by atomic mass is 15.3. The number of hydrogen-bond acceptors (Lipinski definition) is 2. The molecule has 0 radical (unpaired) electrons. The lowest BCUT2D eigenvalue weighted by atomic mass is 10.0. The van der Waals surface area contributed by atoms with E-state index in [4.69, 9.17) is 0 Å².